The number of allylic oxidation sites excluding steroid dienone is 1. The molecule has 1 amide bonds. The van der Waals surface area contributed by atoms with Crippen molar-refractivity contribution in [3.8, 4) is 0 Å². The number of carbonyl (C=O) groups excluding carboxylic acids is 1. The molecule has 3 nitrogen and oxygen atoms in total. The highest BCUT2D eigenvalue weighted by Gasteiger charge is 2.22. The summed E-state index contributed by atoms with van der Waals surface area (Å²) in [6.07, 6.45) is 4.26. The van der Waals surface area contributed by atoms with Crippen LogP contribution in [-0.2, 0) is 11.3 Å². The lowest BCUT2D eigenvalue weighted by atomic mass is 9.80. The fraction of sp³-hybridized carbons (Fsp3) is 0.348. The van der Waals surface area contributed by atoms with E-state index < -0.39 is 0 Å². The molecule has 0 unspecified atom stereocenters. The molecule has 0 aliphatic carbocycles. The van der Waals surface area contributed by atoms with Crippen molar-refractivity contribution in [2.45, 2.75) is 33.2 Å². The molecule has 1 aliphatic heterocycles. The van der Waals surface area contributed by atoms with Gasteiger partial charge in [0.2, 0.25) is 0 Å². The first-order chi connectivity index (χ1) is 12.5. The molecule has 0 fully saturated rings. The summed E-state index contributed by atoms with van der Waals surface area (Å²) in [6, 6.07) is 17.8. The van der Waals surface area contributed by atoms with Gasteiger partial charge in [-0.3, -0.25) is 4.79 Å². The largest absolute Gasteiger partial charge is 0.377 e. The summed E-state index contributed by atoms with van der Waals surface area (Å²) in [5, 5.41) is 2.97. The third kappa shape index (κ3) is 5.06. The minimum Gasteiger partial charge on any atom is -0.377 e. The molecule has 1 aliphatic rings. The van der Waals surface area contributed by atoms with Crippen molar-refractivity contribution < 1.29 is 9.53 Å². The summed E-state index contributed by atoms with van der Waals surface area (Å²) in [4.78, 5) is 12.4. The van der Waals surface area contributed by atoms with E-state index in [4.69, 9.17) is 4.74 Å². The molecule has 3 rings (SSSR count). The van der Waals surface area contributed by atoms with Gasteiger partial charge < -0.3 is 10.1 Å². The van der Waals surface area contributed by atoms with E-state index in [-0.39, 0.29) is 11.3 Å². The van der Waals surface area contributed by atoms with Gasteiger partial charge in [-0.15, -0.1) is 0 Å². The maximum absolute atomic E-state index is 12.4. The Balaban J connectivity index is 1.66. The van der Waals surface area contributed by atoms with E-state index in [0.717, 1.165) is 25.0 Å². The predicted octanol–water partition coefficient (Wildman–Crippen LogP) is 4.84. The molecule has 0 saturated heterocycles. The van der Waals surface area contributed by atoms with Crippen molar-refractivity contribution in [2.75, 3.05) is 13.2 Å². The Kier molecular flexibility index (Phi) is 5.89. The number of ether oxygens (including phenoxy) is 1. The first kappa shape index (κ1) is 18.4. The van der Waals surface area contributed by atoms with E-state index in [2.05, 4.69) is 25.2 Å². The molecule has 0 atom stereocenters. The van der Waals surface area contributed by atoms with Crippen LogP contribution in [0.25, 0.3) is 5.57 Å². The molecular formula is C23H27NO2. The van der Waals surface area contributed by atoms with Gasteiger partial charge in [-0.1, -0.05) is 62.4 Å². The second-order valence-electron chi connectivity index (χ2n) is 7.64. The Labute approximate surface area is 156 Å². The topological polar surface area (TPSA) is 38.3 Å². The second-order valence-corrected chi connectivity index (χ2v) is 7.64. The van der Waals surface area contributed by atoms with Gasteiger partial charge in [-0.25, -0.2) is 0 Å². The standard InChI is InChI=1S/C23H27NO2/c1-23(2)13-15-26-14-12-21(16-23)19-8-10-20(11-9-19)22(25)24-17-18-6-4-3-5-7-18/h3-12H,13-17H2,1-2H3,(H,24,25)/b21-12+. The molecule has 2 aromatic carbocycles. The van der Waals surface area contributed by atoms with Crippen LogP contribution < -0.4 is 5.32 Å². The molecular weight excluding hydrogens is 322 g/mol. The Bertz CT molecular complexity index is 761. The second kappa shape index (κ2) is 8.33. The van der Waals surface area contributed by atoms with E-state index in [1.807, 2.05) is 54.6 Å². The molecule has 0 spiro atoms. The monoisotopic (exact) mass is 349 g/mol. The maximum atomic E-state index is 12.4. The van der Waals surface area contributed by atoms with Crippen LogP contribution in [0.15, 0.2) is 60.7 Å². The quantitative estimate of drug-likeness (QED) is 0.858. The summed E-state index contributed by atoms with van der Waals surface area (Å²) in [5.41, 5.74) is 4.47. The zero-order chi connectivity index (χ0) is 18.4. The summed E-state index contributed by atoms with van der Waals surface area (Å²) >= 11 is 0. The van der Waals surface area contributed by atoms with Crippen molar-refractivity contribution in [1.29, 1.82) is 0 Å². The number of amides is 1. The lowest BCUT2D eigenvalue weighted by Gasteiger charge is -2.28. The summed E-state index contributed by atoms with van der Waals surface area (Å²) in [5.74, 6) is -0.0456. The van der Waals surface area contributed by atoms with E-state index in [0.29, 0.717) is 18.7 Å². The van der Waals surface area contributed by atoms with Crippen molar-refractivity contribution in [1.82, 2.24) is 5.32 Å². The van der Waals surface area contributed by atoms with E-state index in [1.54, 1.807) is 0 Å². The van der Waals surface area contributed by atoms with Crippen LogP contribution in [-0.4, -0.2) is 19.1 Å². The van der Waals surface area contributed by atoms with Gasteiger partial charge in [0.05, 0.1) is 6.61 Å². The van der Waals surface area contributed by atoms with Gasteiger partial charge in [0.1, 0.15) is 0 Å². The normalized spacial score (nSPS) is 18.9. The number of nitrogens with one attached hydrogen (secondary N) is 1. The van der Waals surface area contributed by atoms with Gasteiger partial charge in [0.25, 0.3) is 5.91 Å². The average molecular weight is 349 g/mol. The highest BCUT2D eigenvalue weighted by atomic mass is 16.5. The zero-order valence-corrected chi connectivity index (χ0v) is 15.6. The molecule has 0 radical (unpaired) electrons. The van der Waals surface area contributed by atoms with Crippen molar-refractivity contribution in [2.24, 2.45) is 5.41 Å². The third-order valence-corrected chi connectivity index (χ3v) is 4.85. The lowest BCUT2D eigenvalue weighted by molar-refractivity contribution is 0.0951. The summed E-state index contributed by atoms with van der Waals surface area (Å²) < 4.78 is 5.66. The minimum absolute atomic E-state index is 0.0456. The lowest BCUT2D eigenvalue weighted by Crippen LogP contribution is -2.22. The van der Waals surface area contributed by atoms with Gasteiger partial charge in [-0.2, -0.15) is 0 Å². The van der Waals surface area contributed by atoms with Crippen molar-refractivity contribution in [3.63, 3.8) is 0 Å². The Morgan fingerprint density at radius 3 is 2.54 bits per heavy atom. The molecule has 0 aromatic heterocycles. The van der Waals surface area contributed by atoms with Crippen LogP contribution in [0.5, 0.6) is 0 Å². The van der Waals surface area contributed by atoms with Crippen molar-refractivity contribution >= 4 is 11.5 Å². The van der Waals surface area contributed by atoms with Crippen LogP contribution in [0.3, 0.4) is 0 Å². The Hall–Kier alpha value is -2.39. The number of benzene rings is 2. The first-order valence-corrected chi connectivity index (χ1v) is 9.23. The van der Waals surface area contributed by atoms with Crippen LogP contribution >= 0.6 is 0 Å². The molecule has 1 N–H and O–H groups in total. The number of carbonyl (C=O) groups is 1. The molecule has 0 saturated carbocycles. The molecule has 26 heavy (non-hydrogen) atoms. The fourth-order valence-corrected chi connectivity index (χ4v) is 3.20. The molecule has 2 aromatic rings. The Morgan fingerprint density at radius 2 is 1.81 bits per heavy atom. The van der Waals surface area contributed by atoms with Crippen LogP contribution in [0.1, 0.15) is 48.2 Å². The van der Waals surface area contributed by atoms with Crippen molar-refractivity contribution in [3.05, 3.63) is 77.4 Å². The van der Waals surface area contributed by atoms with Gasteiger partial charge in [-0.05, 0) is 47.1 Å². The van der Waals surface area contributed by atoms with E-state index >= 15 is 0 Å². The summed E-state index contributed by atoms with van der Waals surface area (Å²) in [6.45, 7) is 6.57. The molecule has 3 heteroatoms. The van der Waals surface area contributed by atoms with E-state index in [1.165, 1.54) is 11.1 Å². The third-order valence-electron chi connectivity index (χ3n) is 4.85. The fourth-order valence-electron chi connectivity index (χ4n) is 3.20. The highest BCUT2D eigenvalue weighted by Crippen LogP contribution is 2.35. The average Bonchev–Trinajstić information content (AvgIpc) is 2.64. The highest BCUT2D eigenvalue weighted by molar-refractivity contribution is 5.94. The van der Waals surface area contributed by atoms with Crippen LogP contribution in [0.4, 0.5) is 0 Å². The van der Waals surface area contributed by atoms with Crippen LogP contribution in [0, 0.1) is 5.41 Å². The van der Waals surface area contributed by atoms with Gasteiger partial charge in [0, 0.05) is 18.7 Å². The number of hydrogen-bond donors (Lipinski definition) is 1. The number of rotatable bonds is 4. The molecule has 136 valence electrons. The predicted molar refractivity (Wildman–Crippen MR) is 106 cm³/mol. The molecule has 1 heterocycles. The maximum Gasteiger partial charge on any atom is 0.251 e. The summed E-state index contributed by atoms with van der Waals surface area (Å²) in [7, 11) is 0. The van der Waals surface area contributed by atoms with E-state index in [9.17, 15) is 4.79 Å². The van der Waals surface area contributed by atoms with Crippen LogP contribution in [0.2, 0.25) is 0 Å². The smallest absolute Gasteiger partial charge is 0.251 e. The molecule has 0 bridgehead atoms. The zero-order valence-electron chi connectivity index (χ0n) is 15.6. The first-order valence-electron chi connectivity index (χ1n) is 9.23. The SMILES string of the molecule is CC1(C)CCOC/C=C(/c2ccc(C(=O)NCc3ccccc3)cc2)C1. The van der Waals surface area contributed by atoms with Gasteiger partial charge in [0.15, 0.2) is 0 Å². The Morgan fingerprint density at radius 1 is 1.08 bits per heavy atom. The number of hydrogen-bond acceptors (Lipinski definition) is 2. The minimum atomic E-state index is -0.0456. The van der Waals surface area contributed by atoms with Gasteiger partial charge >= 0.3 is 0 Å².